The molecule has 4 nitrogen and oxygen atoms in total. The largest absolute Gasteiger partial charge is 0.461 e. The van der Waals surface area contributed by atoms with E-state index in [9.17, 15) is 9.18 Å². The summed E-state index contributed by atoms with van der Waals surface area (Å²) in [4.78, 5) is 15.8. The van der Waals surface area contributed by atoms with E-state index in [0.717, 1.165) is 16.5 Å². The Balaban J connectivity index is 1.57. The zero-order valence-corrected chi connectivity index (χ0v) is 14.8. The van der Waals surface area contributed by atoms with Gasteiger partial charge in [-0.25, -0.2) is 4.39 Å². The third-order valence-electron chi connectivity index (χ3n) is 6.16. The number of hydrogen-bond donors (Lipinski definition) is 2. The molecule has 1 amide bonds. The molecule has 1 aliphatic rings. The molecular weight excluding hydrogens is 343 g/mol. The van der Waals surface area contributed by atoms with Crippen molar-refractivity contribution >= 4 is 27.8 Å². The van der Waals surface area contributed by atoms with Crippen LogP contribution >= 0.6 is 0 Å². The average molecular weight is 362 g/mol. The highest BCUT2D eigenvalue weighted by molar-refractivity contribution is 5.91. The number of rotatable bonds is 4. The molecule has 2 unspecified atom stereocenters. The number of halogens is 1. The number of H-pyrrole nitrogens is 1. The molecule has 0 saturated heterocycles. The minimum Gasteiger partial charge on any atom is -0.461 e. The van der Waals surface area contributed by atoms with E-state index in [-0.39, 0.29) is 23.6 Å². The lowest BCUT2D eigenvalue weighted by atomic mass is 9.84. The van der Waals surface area contributed by atoms with Crippen molar-refractivity contribution in [3.8, 4) is 0 Å². The number of carbonyl (C=O) groups is 1. The summed E-state index contributed by atoms with van der Waals surface area (Å²) in [5.41, 5.74) is 7.95. The van der Waals surface area contributed by atoms with Crippen molar-refractivity contribution < 1.29 is 13.6 Å². The van der Waals surface area contributed by atoms with E-state index in [1.54, 1.807) is 6.07 Å². The zero-order valence-electron chi connectivity index (χ0n) is 14.8. The number of primary amides is 1. The smallest absolute Gasteiger partial charge is 0.225 e. The van der Waals surface area contributed by atoms with Crippen molar-refractivity contribution in [2.45, 2.75) is 25.2 Å². The van der Waals surface area contributed by atoms with Crippen LogP contribution in [0.1, 0.15) is 36.5 Å². The topological polar surface area (TPSA) is 72.0 Å². The summed E-state index contributed by atoms with van der Waals surface area (Å²) in [7, 11) is 0. The van der Waals surface area contributed by atoms with E-state index in [1.807, 2.05) is 37.4 Å². The number of aromatic amines is 1. The SMILES string of the molecule is C[C@@H](c1cc2cc(F)ccc2o1)C1(C(N)=O)CC1c1c[nH]c2ccccc12. The fourth-order valence-corrected chi connectivity index (χ4v) is 4.51. The van der Waals surface area contributed by atoms with Crippen molar-refractivity contribution in [1.29, 1.82) is 0 Å². The second-order valence-corrected chi connectivity index (χ2v) is 7.50. The van der Waals surface area contributed by atoms with Crippen LogP contribution in [0.5, 0.6) is 0 Å². The van der Waals surface area contributed by atoms with Crippen LogP contribution < -0.4 is 5.73 Å². The monoisotopic (exact) mass is 362 g/mol. The standard InChI is InChI=1S/C22H19FN2O2/c1-12(20-9-13-8-14(23)6-7-19(13)27-20)22(21(24)26)10-17(22)16-11-25-18-5-3-2-4-15(16)18/h2-9,11-12,17,25H,10H2,1H3,(H2,24,26)/t12-,17?,22?/m0/s1. The van der Waals surface area contributed by atoms with Crippen molar-refractivity contribution in [2.75, 3.05) is 0 Å². The van der Waals surface area contributed by atoms with Gasteiger partial charge in [0.2, 0.25) is 5.91 Å². The summed E-state index contributed by atoms with van der Waals surface area (Å²) in [6, 6.07) is 14.3. The highest BCUT2D eigenvalue weighted by atomic mass is 19.1. The number of nitrogens with one attached hydrogen (secondary N) is 1. The zero-order chi connectivity index (χ0) is 18.8. The van der Waals surface area contributed by atoms with Gasteiger partial charge >= 0.3 is 0 Å². The Hall–Kier alpha value is -3.08. The maximum atomic E-state index is 13.5. The van der Waals surface area contributed by atoms with E-state index in [0.29, 0.717) is 23.2 Å². The van der Waals surface area contributed by atoms with Gasteiger partial charge in [-0.15, -0.1) is 0 Å². The fourth-order valence-electron chi connectivity index (χ4n) is 4.51. The van der Waals surface area contributed by atoms with E-state index in [4.69, 9.17) is 10.2 Å². The lowest BCUT2D eigenvalue weighted by Gasteiger charge is -2.20. The molecular formula is C22H19FN2O2. The molecule has 3 atom stereocenters. The van der Waals surface area contributed by atoms with Gasteiger partial charge in [0.15, 0.2) is 0 Å². The van der Waals surface area contributed by atoms with Gasteiger partial charge in [-0.3, -0.25) is 4.79 Å². The maximum absolute atomic E-state index is 13.5. The first-order valence-electron chi connectivity index (χ1n) is 9.05. The normalized spacial score (nSPS) is 23.0. The number of para-hydroxylation sites is 1. The predicted molar refractivity (Wildman–Crippen MR) is 102 cm³/mol. The number of carbonyl (C=O) groups excluding carboxylic acids is 1. The van der Waals surface area contributed by atoms with Crippen molar-refractivity contribution in [3.63, 3.8) is 0 Å². The van der Waals surface area contributed by atoms with Crippen LogP contribution in [0.25, 0.3) is 21.9 Å². The highest BCUT2D eigenvalue weighted by Crippen LogP contribution is 2.67. The molecule has 2 heterocycles. The van der Waals surface area contributed by atoms with Crippen LogP contribution in [0.4, 0.5) is 4.39 Å². The Kier molecular flexibility index (Phi) is 3.26. The number of nitrogens with two attached hydrogens (primary N) is 1. The van der Waals surface area contributed by atoms with Gasteiger partial charge < -0.3 is 15.1 Å². The van der Waals surface area contributed by atoms with Crippen molar-refractivity contribution in [1.82, 2.24) is 4.98 Å². The molecule has 0 spiro atoms. The van der Waals surface area contributed by atoms with Gasteiger partial charge in [-0.2, -0.15) is 0 Å². The first-order valence-corrected chi connectivity index (χ1v) is 9.05. The number of fused-ring (bicyclic) bond motifs is 2. The number of furan rings is 1. The van der Waals surface area contributed by atoms with Gasteiger partial charge in [-0.05, 0) is 42.3 Å². The maximum Gasteiger partial charge on any atom is 0.225 e. The fraction of sp³-hybridized carbons (Fsp3) is 0.227. The summed E-state index contributed by atoms with van der Waals surface area (Å²) in [6.45, 7) is 1.97. The third-order valence-corrected chi connectivity index (χ3v) is 6.16. The summed E-state index contributed by atoms with van der Waals surface area (Å²) >= 11 is 0. The van der Waals surface area contributed by atoms with Crippen molar-refractivity contribution in [2.24, 2.45) is 11.1 Å². The average Bonchev–Trinajstić information content (AvgIpc) is 3.06. The van der Waals surface area contributed by atoms with E-state index < -0.39 is 5.41 Å². The molecule has 0 bridgehead atoms. The van der Waals surface area contributed by atoms with Crippen LogP contribution in [-0.2, 0) is 4.79 Å². The van der Waals surface area contributed by atoms with Crippen LogP contribution in [0, 0.1) is 11.2 Å². The van der Waals surface area contributed by atoms with Crippen LogP contribution in [0.2, 0.25) is 0 Å². The van der Waals surface area contributed by atoms with Gasteiger partial charge in [0.05, 0.1) is 5.41 Å². The number of benzene rings is 2. The Morgan fingerprint density at radius 3 is 2.93 bits per heavy atom. The quantitative estimate of drug-likeness (QED) is 0.546. The van der Waals surface area contributed by atoms with Crippen molar-refractivity contribution in [3.05, 3.63) is 71.9 Å². The van der Waals surface area contributed by atoms with E-state index >= 15 is 0 Å². The molecule has 4 aromatic rings. The molecule has 5 rings (SSSR count). The molecule has 3 N–H and O–H groups in total. The minimum atomic E-state index is -0.697. The Bertz CT molecular complexity index is 1190. The molecule has 1 saturated carbocycles. The predicted octanol–water partition coefficient (Wildman–Crippen LogP) is 4.82. The molecule has 136 valence electrons. The van der Waals surface area contributed by atoms with E-state index in [1.165, 1.54) is 12.1 Å². The summed E-state index contributed by atoms with van der Waals surface area (Å²) < 4.78 is 19.4. The first-order chi connectivity index (χ1) is 13.0. The minimum absolute atomic E-state index is 0.0334. The lowest BCUT2D eigenvalue weighted by molar-refractivity contribution is -0.124. The molecule has 1 fully saturated rings. The number of amides is 1. The molecule has 5 heteroatoms. The first kappa shape index (κ1) is 16.1. The molecule has 2 aromatic heterocycles. The Morgan fingerprint density at radius 2 is 2.11 bits per heavy atom. The highest BCUT2D eigenvalue weighted by Gasteiger charge is 2.64. The van der Waals surface area contributed by atoms with Crippen LogP contribution in [0.15, 0.2) is 59.1 Å². The van der Waals surface area contributed by atoms with Crippen LogP contribution in [0.3, 0.4) is 0 Å². The molecule has 0 aliphatic heterocycles. The Morgan fingerprint density at radius 1 is 1.30 bits per heavy atom. The molecule has 2 aromatic carbocycles. The number of aromatic nitrogens is 1. The van der Waals surface area contributed by atoms with Gasteiger partial charge in [0.25, 0.3) is 0 Å². The third kappa shape index (κ3) is 2.24. The van der Waals surface area contributed by atoms with E-state index in [2.05, 4.69) is 11.1 Å². The van der Waals surface area contributed by atoms with Gasteiger partial charge in [0.1, 0.15) is 17.2 Å². The number of hydrogen-bond acceptors (Lipinski definition) is 2. The van der Waals surface area contributed by atoms with Gasteiger partial charge in [0, 0.05) is 34.3 Å². The van der Waals surface area contributed by atoms with Gasteiger partial charge in [-0.1, -0.05) is 25.1 Å². The second-order valence-electron chi connectivity index (χ2n) is 7.50. The molecule has 0 radical (unpaired) electrons. The summed E-state index contributed by atoms with van der Waals surface area (Å²) in [5.74, 6) is -0.140. The second kappa shape index (κ2) is 5.46. The molecule has 1 aliphatic carbocycles. The summed E-state index contributed by atoms with van der Waals surface area (Å²) in [5, 5.41) is 1.81. The summed E-state index contributed by atoms with van der Waals surface area (Å²) in [6.07, 6.45) is 2.65. The molecule has 27 heavy (non-hydrogen) atoms. The Labute approximate surface area is 155 Å². The van der Waals surface area contributed by atoms with Crippen LogP contribution in [-0.4, -0.2) is 10.9 Å². The lowest BCUT2D eigenvalue weighted by Crippen LogP contribution is -2.30.